The molecule has 10 nitrogen and oxygen atoms in total. The molecule has 3 aromatic rings. The summed E-state index contributed by atoms with van der Waals surface area (Å²) in [5, 5.41) is 15.3. The number of hydrogen-bond donors (Lipinski definition) is 2. The maximum absolute atomic E-state index is 13.2. The van der Waals surface area contributed by atoms with E-state index in [-0.39, 0.29) is 48.2 Å². The van der Waals surface area contributed by atoms with Crippen molar-refractivity contribution in [3.05, 3.63) is 34.6 Å². The Morgan fingerprint density at radius 2 is 2.09 bits per heavy atom. The smallest absolute Gasteiger partial charge is 0.262 e. The Morgan fingerprint density at radius 3 is 2.85 bits per heavy atom. The van der Waals surface area contributed by atoms with Crippen LogP contribution in [0.5, 0.6) is 0 Å². The second kappa shape index (κ2) is 11.0. The number of ether oxygens (including phenoxy) is 1. The van der Waals surface area contributed by atoms with E-state index in [2.05, 4.69) is 20.8 Å². The van der Waals surface area contributed by atoms with Gasteiger partial charge >= 0.3 is 0 Å². The molecule has 11 heteroatoms. The molecule has 1 aliphatic rings. The number of carbonyl (C=O) groups excluding carboxylic acids is 2. The van der Waals surface area contributed by atoms with Crippen molar-refractivity contribution in [3.63, 3.8) is 0 Å². The number of thioether (sulfide) groups is 1. The van der Waals surface area contributed by atoms with Crippen molar-refractivity contribution in [2.24, 2.45) is 0 Å². The van der Waals surface area contributed by atoms with E-state index in [9.17, 15) is 14.4 Å². The van der Waals surface area contributed by atoms with Crippen LogP contribution in [0.3, 0.4) is 0 Å². The first-order valence-electron chi connectivity index (χ1n) is 11.6. The van der Waals surface area contributed by atoms with E-state index >= 15 is 0 Å². The van der Waals surface area contributed by atoms with Crippen LogP contribution in [0.15, 0.2) is 34.2 Å². The van der Waals surface area contributed by atoms with Gasteiger partial charge in [0.2, 0.25) is 17.6 Å². The van der Waals surface area contributed by atoms with Gasteiger partial charge in [-0.25, -0.2) is 0 Å². The van der Waals surface area contributed by atoms with Crippen molar-refractivity contribution in [2.75, 3.05) is 18.9 Å². The number of amides is 2. The molecule has 1 aromatic carbocycles. The molecule has 182 valence electrons. The Hall–Kier alpha value is -2.92. The Morgan fingerprint density at radius 1 is 1.26 bits per heavy atom. The molecule has 2 unspecified atom stereocenters. The highest BCUT2D eigenvalue weighted by Gasteiger charge is 2.19. The molecule has 3 heterocycles. The number of fused-ring (bicyclic) bond motifs is 3. The average molecular weight is 487 g/mol. The van der Waals surface area contributed by atoms with Crippen LogP contribution in [-0.4, -0.2) is 62.0 Å². The number of benzene rings is 1. The van der Waals surface area contributed by atoms with Crippen molar-refractivity contribution >= 4 is 40.3 Å². The molecular weight excluding hydrogens is 456 g/mol. The number of carbonyl (C=O) groups is 2. The third-order valence-corrected chi connectivity index (χ3v) is 6.87. The highest BCUT2D eigenvalue weighted by molar-refractivity contribution is 7.99. The minimum Gasteiger partial charge on any atom is -0.376 e. The summed E-state index contributed by atoms with van der Waals surface area (Å²) in [5.41, 5.74) is 0.438. The van der Waals surface area contributed by atoms with E-state index in [0.29, 0.717) is 28.4 Å². The van der Waals surface area contributed by atoms with Gasteiger partial charge < -0.3 is 15.4 Å². The molecule has 34 heavy (non-hydrogen) atoms. The summed E-state index contributed by atoms with van der Waals surface area (Å²) >= 11 is 1.25. The van der Waals surface area contributed by atoms with Gasteiger partial charge in [0.1, 0.15) is 0 Å². The summed E-state index contributed by atoms with van der Waals surface area (Å²) in [6.07, 6.45) is 3.05. The topological polar surface area (TPSA) is 120 Å². The molecule has 0 aliphatic carbocycles. The number of rotatable bonds is 10. The molecule has 2 aromatic heterocycles. The molecule has 1 saturated heterocycles. The fourth-order valence-corrected chi connectivity index (χ4v) is 4.68. The summed E-state index contributed by atoms with van der Waals surface area (Å²) in [7, 11) is 0. The summed E-state index contributed by atoms with van der Waals surface area (Å²) in [6.45, 7) is 5.37. The van der Waals surface area contributed by atoms with Gasteiger partial charge in [-0.15, -0.1) is 10.2 Å². The Balaban J connectivity index is 1.55. The van der Waals surface area contributed by atoms with Gasteiger partial charge in [0, 0.05) is 32.2 Å². The van der Waals surface area contributed by atoms with Crippen LogP contribution in [0.4, 0.5) is 0 Å². The minimum absolute atomic E-state index is 0.0725. The van der Waals surface area contributed by atoms with Crippen molar-refractivity contribution in [3.8, 4) is 0 Å². The monoisotopic (exact) mass is 486 g/mol. The quantitative estimate of drug-likeness (QED) is 0.419. The van der Waals surface area contributed by atoms with Gasteiger partial charge in [-0.1, -0.05) is 30.8 Å². The van der Waals surface area contributed by atoms with E-state index in [1.807, 2.05) is 26.0 Å². The molecule has 4 rings (SSSR count). The fourth-order valence-electron chi connectivity index (χ4n) is 3.91. The first-order valence-corrected chi connectivity index (χ1v) is 12.6. The van der Waals surface area contributed by atoms with Crippen LogP contribution in [-0.2, 0) is 20.9 Å². The maximum Gasteiger partial charge on any atom is 0.262 e. The van der Waals surface area contributed by atoms with Crippen LogP contribution in [0, 0.1) is 0 Å². The van der Waals surface area contributed by atoms with Crippen LogP contribution in [0.2, 0.25) is 0 Å². The summed E-state index contributed by atoms with van der Waals surface area (Å²) < 4.78 is 8.80. The fraction of sp³-hybridized carbons (Fsp3) is 0.522. The van der Waals surface area contributed by atoms with Gasteiger partial charge in [-0.2, -0.15) is 0 Å². The molecule has 2 atom stereocenters. The van der Waals surface area contributed by atoms with Crippen molar-refractivity contribution in [2.45, 2.75) is 63.4 Å². The third-order valence-electron chi connectivity index (χ3n) is 5.94. The van der Waals surface area contributed by atoms with Gasteiger partial charge in [0.05, 0.1) is 22.8 Å². The van der Waals surface area contributed by atoms with Gasteiger partial charge in [0.25, 0.3) is 5.56 Å². The van der Waals surface area contributed by atoms with E-state index in [1.165, 1.54) is 16.3 Å². The first-order chi connectivity index (χ1) is 16.5. The van der Waals surface area contributed by atoms with Crippen molar-refractivity contribution < 1.29 is 14.3 Å². The number of aromatic nitrogens is 4. The lowest BCUT2D eigenvalue weighted by molar-refractivity contribution is -0.122. The molecule has 1 fully saturated rings. The Labute approximate surface area is 201 Å². The lowest BCUT2D eigenvalue weighted by Gasteiger charge is -2.13. The second-order valence-electron chi connectivity index (χ2n) is 8.45. The van der Waals surface area contributed by atoms with Crippen molar-refractivity contribution in [1.29, 1.82) is 0 Å². The number of nitrogens with zero attached hydrogens (tertiary/aromatic N) is 4. The molecule has 2 amide bonds. The normalized spacial score (nSPS) is 16.7. The number of nitrogens with one attached hydrogen (secondary N) is 2. The lowest BCUT2D eigenvalue weighted by Crippen LogP contribution is -2.33. The third kappa shape index (κ3) is 5.41. The highest BCUT2D eigenvalue weighted by atomic mass is 32.2. The average Bonchev–Trinajstić information content (AvgIpc) is 3.51. The van der Waals surface area contributed by atoms with E-state index < -0.39 is 0 Å². The van der Waals surface area contributed by atoms with E-state index in [1.54, 1.807) is 16.5 Å². The number of hydrogen-bond acceptors (Lipinski definition) is 7. The SMILES string of the molecule is CCC(C)NC(=O)CCn1c(=O)c2ccccc2n2c(SCC(=O)NCC3CCCO3)nnc12. The van der Waals surface area contributed by atoms with Crippen LogP contribution in [0.1, 0.15) is 39.5 Å². The number of aryl methyl sites for hydroxylation is 1. The summed E-state index contributed by atoms with van der Waals surface area (Å²) in [4.78, 5) is 37.9. The van der Waals surface area contributed by atoms with Gasteiger partial charge in [-0.05, 0) is 38.3 Å². The zero-order valence-corrected chi connectivity index (χ0v) is 20.3. The molecule has 0 bridgehead atoms. The highest BCUT2D eigenvalue weighted by Crippen LogP contribution is 2.21. The summed E-state index contributed by atoms with van der Waals surface area (Å²) in [5.74, 6) is 0.279. The second-order valence-corrected chi connectivity index (χ2v) is 9.39. The first kappa shape index (κ1) is 24.2. The summed E-state index contributed by atoms with van der Waals surface area (Å²) in [6, 6.07) is 7.28. The zero-order valence-electron chi connectivity index (χ0n) is 19.5. The van der Waals surface area contributed by atoms with Crippen molar-refractivity contribution in [1.82, 2.24) is 29.8 Å². The van der Waals surface area contributed by atoms with Crippen LogP contribution >= 0.6 is 11.8 Å². The van der Waals surface area contributed by atoms with Crippen LogP contribution < -0.4 is 16.2 Å². The largest absolute Gasteiger partial charge is 0.376 e. The standard InChI is InChI=1S/C23H30N6O4S/c1-3-15(2)25-19(30)10-11-28-21(32)17-8-4-5-9-18(17)29-22(28)26-27-23(29)34-14-20(31)24-13-16-7-6-12-33-16/h4-5,8-9,15-16H,3,6-7,10-14H2,1-2H3,(H,24,31)(H,25,30). The lowest BCUT2D eigenvalue weighted by atomic mass is 10.2. The molecule has 0 saturated carbocycles. The van der Waals surface area contributed by atoms with Gasteiger partial charge in [0.15, 0.2) is 5.16 Å². The Kier molecular flexibility index (Phi) is 7.84. The Bertz CT molecular complexity index is 1230. The predicted molar refractivity (Wildman–Crippen MR) is 130 cm³/mol. The van der Waals surface area contributed by atoms with Gasteiger partial charge in [-0.3, -0.25) is 23.4 Å². The molecule has 1 aliphatic heterocycles. The number of para-hydroxylation sites is 1. The van der Waals surface area contributed by atoms with E-state index in [0.717, 1.165) is 25.9 Å². The zero-order chi connectivity index (χ0) is 24.1. The maximum atomic E-state index is 13.2. The molecular formula is C23H30N6O4S. The van der Waals surface area contributed by atoms with E-state index in [4.69, 9.17) is 4.74 Å². The molecule has 0 radical (unpaired) electrons. The minimum atomic E-state index is -0.224. The molecule has 2 N–H and O–H groups in total. The van der Waals surface area contributed by atoms with Crippen LogP contribution in [0.25, 0.3) is 16.7 Å². The molecule has 0 spiro atoms. The predicted octanol–water partition coefficient (Wildman–Crippen LogP) is 1.74.